The highest BCUT2D eigenvalue weighted by Gasteiger charge is 2.39. The predicted molar refractivity (Wildman–Crippen MR) is 116 cm³/mol. The largest absolute Gasteiger partial charge is 0.497 e. The van der Waals surface area contributed by atoms with Crippen LogP contribution in [0.2, 0.25) is 0 Å². The zero-order valence-electron chi connectivity index (χ0n) is 16.1. The number of Topliss-reactive ketones (excluding diaryl/α,β-unsaturated/α-hetero) is 1. The average molecular weight is 401 g/mol. The van der Waals surface area contributed by atoms with Gasteiger partial charge in [0.25, 0.3) is 0 Å². The zero-order valence-corrected chi connectivity index (χ0v) is 16.9. The highest BCUT2D eigenvalue weighted by atomic mass is 32.2. The fourth-order valence-corrected chi connectivity index (χ4v) is 5.26. The van der Waals surface area contributed by atoms with Crippen molar-refractivity contribution in [3.63, 3.8) is 0 Å². The molecule has 3 aromatic rings. The van der Waals surface area contributed by atoms with Crippen molar-refractivity contribution >= 4 is 28.9 Å². The molecule has 0 unspecified atom stereocenters. The summed E-state index contributed by atoms with van der Waals surface area (Å²) in [6.07, 6.45) is 0. The maximum absolute atomic E-state index is 13.5. The first-order valence-corrected chi connectivity index (χ1v) is 10.2. The van der Waals surface area contributed by atoms with Gasteiger partial charge in [0.1, 0.15) is 11.5 Å². The van der Waals surface area contributed by atoms with Crippen LogP contribution in [-0.2, 0) is 0 Å². The third kappa shape index (κ3) is 2.81. The molecule has 0 fully saturated rings. The fraction of sp³-hybridized carbons (Fsp3) is 0.125. The summed E-state index contributed by atoms with van der Waals surface area (Å²) in [4.78, 5) is 14.6. The third-order valence-electron chi connectivity index (χ3n) is 5.33. The van der Waals surface area contributed by atoms with Crippen molar-refractivity contribution in [2.45, 2.75) is 10.1 Å². The van der Waals surface area contributed by atoms with Crippen LogP contribution in [-0.4, -0.2) is 20.0 Å². The molecule has 144 valence electrons. The Hall–Kier alpha value is -3.18. The van der Waals surface area contributed by atoms with Crippen LogP contribution in [0.1, 0.15) is 26.7 Å². The minimum absolute atomic E-state index is 0.0614. The molecular weight excluding hydrogens is 382 g/mol. The van der Waals surface area contributed by atoms with Gasteiger partial charge in [-0.05, 0) is 18.2 Å². The number of ether oxygens (including phenoxy) is 2. The molecule has 1 N–H and O–H groups in total. The second-order valence-electron chi connectivity index (χ2n) is 6.89. The summed E-state index contributed by atoms with van der Waals surface area (Å²) >= 11 is 1.66. The average Bonchev–Trinajstić information content (AvgIpc) is 2.94. The lowest BCUT2D eigenvalue weighted by Gasteiger charge is -2.20. The number of fused-ring (bicyclic) bond motifs is 3. The number of para-hydroxylation sites is 1. The van der Waals surface area contributed by atoms with Gasteiger partial charge in [-0.1, -0.05) is 42.5 Å². The van der Waals surface area contributed by atoms with E-state index in [0.717, 1.165) is 44.3 Å². The Morgan fingerprint density at radius 3 is 2.45 bits per heavy atom. The molecule has 1 aliphatic heterocycles. The Labute approximate surface area is 173 Å². The van der Waals surface area contributed by atoms with Gasteiger partial charge in [-0.3, -0.25) is 4.79 Å². The number of methoxy groups -OCH3 is 2. The molecule has 0 saturated carbocycles. The predicted octanol–water partition coefficient (Wildman–Crippen LogP) is 5.57. The first-order valence-electron chi connectivity index (χ1n) is 9.34. The number of rotatable bonds is 3. The Bertz CT molecular complexity index is 1170. The van der Waals surface area contributed by atoms with E-state index in [2.05, 4.69) is 11.4 Å². The molecule has 5 rings (SSSR count). The summed E-state index contributed by atoms with van der Waals surface area (Å²) in [5, 5.41) is 3.33. The van der Waals surface area contributed by atoms with Crippen molar-refractivity contribution in [1.82, 2.24) is 0 Å². The van der Waals surface area contributed by atoms with E-state index in [1.807, 2.05) is 60.7 Å². The van der Waals surface area contributed by atoms with Gasteiger partial charge < -0.3 is 14.8 Å². The van der Waals surface area contributed by atoms with Crippen LogP contribution in [0.3, 0.4) is 0 Å². The van der Waals surface area contributed by atoms with Gasteiger partial charge in [0, 0.05) is 33.2 Å². The Balaban J connectivity index is 1.75. The number of thioether (sulfide) groups is 1. The van der Waals surface area contributed by atoms with Gasteiger partial charge >= 0.3 is 0 Å². The number of ketones is 1. The zero-order chi connectivity index (χ0) is 20.0. The molecule has 1 aliphatic carbocycles. The van der Waals surface area contributed by atoms with Crippen molar-refractivity contribution in [1.29, 1.82) is 0 Å². The van der Waals surface area contributed by atoms with Gasteiger partial charge in [0.2, 0.25) is 0 Å². The number of benzene rings is 3. The molecule has 4 nitrogen and oxygen atoms in total. The standard InChI is InChI=1S/C24H19NO3S/c1-27-14-11-12-17(19(13-14)28-2)24-21-22(15-7-3-4-8-16(15)23(21)26)25-18-9-5-6-10-20(18)29-24/h3-13,24-25H,1-2H3/t24-/m1/s1. The number of carbonyl (C=O) groups is 1. The van der Waals surface area contributed by atoms with Crippen LogP contribution in [0.25, 0.3) is 5.70 Å². The number of hydrogen-bond acceptors (Lipinski definition) is 5. The van der Waals surface area contributed by atoms with E-state index in [9.17, 15) is 4.79 Å². The minimum Gasteiger partial charge on any atom is -0.497 e. The first kappa shape index (κ1) is 17.9. The van der Waals surface area contributed by atoms with Crippen LogP contribution in [0.5, 0.6) is 11.5 Å². The molecule has 0 saturated heterocycles. The highest BCUT2D eigenvalue weighted by Crippen LogP contribution is 2.54. The summed E-state index contributed by atoms with van der Waals surface area (Å²) in [6, 6.07) is 21.7. The van der Waals surface area contributed by atoms with Crippen molar-refractivity contribution in [2.24, 2.45) is 0 Å². The summed E-state index contributed by atoms with van der Waals surface area (Å²) in [7, 11) is 3.28. The quantitative estimate of drug-likeness (QED) is 0.622. The molecule has 1 heterocycles. The molecule has 29 heavy (non-hydrogen) atoms. The van der Waals surface area contributed by atoms with Crippen molar-refractivity contribution in [2.75, 3.05) is 19.5 Å². The summed E-state index contributed by atoms with van der Waals surface area (Å²) < 4.78 is 11.0. The van der Waals surface area contributed by atoms with Gasteiger partial charge in [-0.15, -0.1) is 11.8 Å². The van der Waals surface area contributed by atoms with Gasteiger partial charge in [-0.2, -0.15) is 0 Å². The van der Waals surface area contributed by atoms with E-state index in [0.29, 0.717) is 5.75 Å². The van der Waals surface area contributed by atoms with Crippen molar-refractivity contribution in [3.05, 3.63) is 89.0 Å². The van der Waals surface area contributed by atoms with Gasteiger partial charge in [0.15, 0.2) is 5.78 Å². The van der Waals surface area contributed by atoms with Gasteiger partial charge in [-0.25, -0.2) is 0 Å². The fourth-order valence-electron chi connectivity index (χ4n) is 3.93. The van der Waals surface area contributed by atoms with Crippen LogP contribution >= 0.6 is 11.8 Å². The minimum atomic E-state index is -0.207. The molecular formula is C24H19NO3S. The third-order valence-corrected chi connectivity index (χ3v) is 6.67. The van der Waals surface area contributed by atoms with E-state index in [1.54, 1.807) is 26.0 Å². The summed E-state index contributed by atoms with van der Waals surface area (Å²) in [5.74, 6) is 1.49. The summed E-state index contributed by atoms with van der Waals surface area (Å²) in [5.41, 5.74) is 5.28. The number of carbonyl (C=O) groups excluding carboxylic acids is 1. The monoisotopic (exact) mass is 401 g/mol. The normalized spacial score (nSPS) is 17.0. The number of anilines is 1. The second kappa shape index (κ2) is 7.01. The van der Waals surface area contributed by atoms with E-state index in [4.69, 9.17) is 9.47 Å². The SMILES string of the molecule is COc1ccc([C@H]2Sc3ccccc3NC3=C2C(=O)c2ccccc23)c(OC)c1. The van der Waals surface area contributed by atoms with Crippen LogP contribution in [0.15, 0.2) is 77.2 Å². The van der Waals surface area contributed by atoms with Gasteiger partial charge in [0.05, 0.1) is 30.9 Å². The molecule has 1 atom stereocenters. The van der Waals surface area contributed by atoms with Crippen molar-refractivity contribution in [3.8, 4) is 11.5 Å². The van der Waals surface area contributed by atoms with E-state index >= 15 is 0 Å². The van der Waals surface area contributed by atoms with Crippen LogP contribution < -0.4 is 14.8 Å². The Kier molecular flexibility index (Phi) is 4.32. The van der Waals surface area contributed by atoms with E-state index < -0.39 is 0 Å². The molecule has 3 aromatic carbocycles. The molecule has 0 aromatic heterocycles. The number of hydrogen-bond donors (Lipinski definition) is 1. The molecule has 2 aliphatic rings. The Morgan fingerprint density at radius 2 is 1.66 bits per heavy atom. The van der Waals surface area contributed by atoms with Crippen molar-refractivity contribution < 1.29 is 14.3 Å². The van der Waals surface area contributed by atoms with Crippen LogP contribution in [0, 0.1) is 0 Å². The maximum atomic E-state index is 13.5. The maximum Gasteiger partial charge on any atom is 0.193 e. The van der Waals surface area contributed by atoms with Crippen LogP contribution in [0.4, 0.5) is 5.69 Å². The number of nitrogens with one attached hydrogen (secondary N) is 1. The molecule has 0 bridgehead atoms. The lowest BCUT2D eigenvalue weighted by atomic mass is 9.99. The first-order chi connectivity index (χ1) is 14.2. The summed E-state index contributed by atoms with van der Waals surface area (Å²) in [6.45, 7) is 0. The molecule has 0 spiro atoms. The lowest BCUT2D eigenvalue weighted by molar-refractivity contribution is 0.103. The lowest BCUT2D eigenvalue weighted by Crippen LogP contribution is -2.09. The molecule has 0 radical (unpaired) electrons. The molecule has 5 heteroatoms. The van der Waals surface area contributed by atoms with E-state index in [1.165, 1.54) is 0 Å². The molecule has 0 amide bonds. The smallest absolute Gasteiger partial charge is 0.193 e. The van der Waals surface area contributed by atoms with E-state index in [-0.39, 0.29) is 11.0 Å². The topological polar surface area (TPSA) is 47.6 Å². The Morgan fingerprint density at radius 1 is 0.897 bits per heavy atom. The second-order valence-corrected chi connectivity index (χ2v) is 8.04. The highest BCUT2D eigenvalue weighted by molar-refractivity contribution is 8.00.